The number of benzene rings is 2. The summed E-state index contributed by atoms with van der Waals surface area (Å²) in [7, 11) is 0. The Labute approximate surface area is 197 Å². The fourth-order valence-electron chi connectivity index (χ4n) is 3.40. The van der Waals surface area contributed by atoms with Crippen LogP contribution in [0.25, 0.3) is 11.2 Å². The Morgan fingerprint density at radius 1 is 1.19 bits per heavy atom. The third kappa shape index (κ3) is 4.31. The minimum absolute atomic E-state index is 0.162. The van der Waals surface area contributed by atoms with Crippen molar-refractivity contribution < 1.29 is 9.47 Å². The van der Waals surface area contributed by atoms with Gasteiger partial charge >= 0.3 is 0 Å². The van der Waals surface area contributed by atoms with E-state index >= 15 is 0 Å². The second-order valence-corrected chi connectivity index (χ2v) is 9.26. The lowest BCUT2D eigenvalue weighted by Gasteiger charge is -2.12. The van der Waals surface area contributed by atoms with Crippen LogP contribution >= 0.6 is 27.7 Å². The first-order valence-electron chi connectivity index (χ1n) is 10.1. The zero-order valence-corrected chi connectivity index (χ0v) is 19.6. The van der Waals surface area contributed by atoms with Crippen molar-refractivity contribution >= 4 is 38.9 Å². The molecule has 1 aliphatic heterocycles. The molecule has 7 nitrogen and oxygen atoms in total. The standard InChI is InChI=1S/C23H20BrN5O2S/c1-14-6-8-15(9-7-14)10-11-29-13-26-20(25)19-21(29)28-23(27-19)32-18-12-30-22(31-18)16-4-2-3-5-17(16)24/h2-9,12-13,22,25H,10-11H2,1H3,(H,27,28). The minimum atomic E-state index is -0.509. The third-order valence-corrected chi connectivity index (χ3v) is 6.63. The van der Waals surface area contributed by atoms with Crippen LogP contribution in [-0.4, -0.2) is 19.5 Å². The highest BCUT2D eigenvalue weighted by atomic mass is 79.9. The molecular weight excluding hydrogens is 490 g/mol. The number of ether oxygens (including phenoxy) is 2. The highest BCUT2D eigenvalue weighted by Gasteiger charge is 2.25. The number of aryl methyl sites for hydroxylation is 3. The van der Waals surface area contributed by atoms with E-state index in [2.05, 4.69) is 57.1 Å². The van der Waals surface area contributed by atoms with Gasteiger partial charge in [0.2, 0.25) is 5.09 Å². The van der Waals surface area contributed by atoms with Crippen molar-refractivity contribution in [3.8, 4) is 0 Å². The van der Waals surface area contributed by atoms with Gasteiger partial charge in [0, 0.05) is 16.6 Å². The van der Waals surface area contributed by atoms with Crippen LogP contribution in [0.3, 0.4) is 0 Å². The molecule has 9 heteroatoms. The number of fused-ring (bicyclic) bond motifs is 1. The molecule has 0 fully saturated rings. The SMILES string of the molecule is Cc1ccc(CCn2cnc(=N)c3[nH]c(SC4=COC(c5ccccc5Br)O4)nc32)cc1. The van der Waals surface area contributed by atoms with Gasteiger partial charge in [0.05, 0.1) is 6.33 Å². The predicted molar refractivity (Wildman–Crippen MR) is 126 cm³/mol. The molecule has 0 spiro atoms. The van der Waals surface area contributed by atoms with Crippen molar-refractivity contribution in [2.45, 2.75) is 31.3 Å². The second kappa shape index (κ2) is 8.84. The summed E-state index contributed by atoms with van der Waals surface area (Å²) in [6.45, 7) is 2.80. The Bertz CT molecular complexity index is 1360. The van der Waals surface area contributed by atoms with Crippen LogP contribution in [0, 0.1) is 12.3 Å². The quantitative estimate of drug-likeness (QED) is 0.373. The maximum Gasteiger partial charge on any atom is 0.268 e. The summed E-state index contributed by atoms with van der Waals surface area (Å²) in [5, 5.41) is 9.38. The number of aromatic amines is 1. The lowest BCUT2D eigenvalue weighted by Crippen LogP contribution is -2.13. The minimum Gasteiger partial charge on any atom is -0.454 e. The van der Waals surface area contributed by atoms with Crippen LogP contribution in [0.4, 0.5) is 0 Å². The number of hydrogen-bond acceptors (Lipinski definition) is 6. The molecule has 0 aliphatic carbocycles. The molecule has 1 atom stereocenters. The van der Waals surface area contributed by atoms with Crippen molar-refractivity contribution in [2.24, 2.45) is 0 Å². The monoisotopic (exact) mass is 509 g/mol. The molecule has 0 bridgehead atoms. The van der Waals surface area contributed by atoms with Crippen LogP contribution in [0.5, 0.6) is 0 Å². The molecule has 1 unspecified atom stereocenters. The highest BCUT2D eigenvalue weighted by molar-refractivity contribution is 9.10. The summed E-state index contributed by atoms with van der Waals surface area (Å²) in [5.41, 5.74) is 4.86. The van der Waals surface area contributed by atoms with Crippen molar-refractivity contribution in [1.82, 2.24) is 19.5 Å². The van der Waals surface area contributed by atoms with E-state index < -0.39 is 6.29 Å². The fraction of sp³-hybridized carbons (Fsp3) is 0.174. The van der Waals surface area contributed by atoms with E-state index in [1.807, 2.05) is 28.8 Å². The maximum atomic E-state index is 8.17. The van der Waals surface area contributed by atoms with E-state index in [9.17, 15) is 0 Å². The Hall–Kier alpha value is -3.04. The smallest absolute Gasteiger partial charge is 0.268 e. The van der Waals surface area contributed by atoms with Crippen LogP contribution in [0.15, 0.2) is 75.8 Å². The van der Waals surface area contributed by atoms with Crippen LogP contribution in [-0.2, 0) is 22.4 Å². The normalized spacial score (nSPS) is 15.4. The molecule has 4 aromatic rings. The Balaban J connectivity index is 1.33. The Kier molecular flexibility index (Phi) is 5.75. The van der Waals surface area contributed by atoms with E-state index in [1.54, 1.807) is 12.6 Å². The molecule has 162 valence electrons. The summed E-state index contributed by atoms with van der Waals surface area (Å²) in [5.74, 6) is 0. The summed E-state index contributed by atoms with van der Waals surface area (Å²) in [6.07, 6.45) is 3.61. The number of H-pyrrole nitrogens is 1. The first-order chi connectivity index (χ1) is 15.6. The fourth-order valence-corrected chi connectivity index (χ4v) is 4.59. The predicted octanol–water partition coefficient (Wildman–Crippen LogP) is 5.19. The Morgan fingerprint density at radius 2 is 2.00 bits per heavy atom. The van der Waals surface area contributed by atoms with Crippen LogP contribution in [0.2, 0.25) is 0 Å². The van der Waals surface area contributed by atoms with Crippen molar-refractivity contribution in [3.63, 3.8) is 0 Å². The zero-order valence-electron chi connectivity index (χ0n) is 17.2. The molecule has 2 N–H and O–H groups in total. The van der Waals surface area contributed by atoms with E-state index in [1.165, 1.54) is 22.9 Å². The number of halogens is 1. The van der Waals surface area contributed by atoms with Crippen molar-refractivity contribution in [3.05, 3.63) is 92.9 Å². The first kappa shape index (κ1) is 20.8. The van der Waals surface area contributed by atoms with Gasteiger partial charge in [0.25, 0.3) is 6.29 Å². The maximum absolute atomic E-state index is 8.17. The molecule has 2 aromatic carbocycles. The molecule has 3 heterocycles. The molecule has 0 saturated carbocycles. The molecule has 2 aromatic heterocycles. The van der Waals surface area contributed by atoms with Gasteiger partial charge < -0.3 is 19.0 Å². The molecule has 5 rings (SSSR count). The number of imidazole rings is 1. The number of hydrogen-bond donors (Lipinski definition) is 2. The average Bonchev–Trinajstić information content (AvgIpc) is 3.43. The van der Waals surface area contributed by atoms with E-state index in [0.29, 0.717) is 28.0 Å². The second-order valence-electron chi connectivity index (χ2n) is 7.41. The Morgan fingerprint density at radius 3 is 2.81 bits per heavy atom. The van der Waals surface area contributed by atoms with Crippen molar-refractivity contribution in [1.29, 1.82) is 5.41 Å². The topological polar surface area (TPSA) is 88.8 Å². The van der Waals surface area contributed by atoms with E-state index in [0.717, 1.165) is 16.5 Å². The van der Waals surface area contributed by atoms with E-state index in [-0.39, 0.29) is 5.49 Å². The molecule has 1 aliphatic rings. The van der Waals surface area contributed by atoms with Gasteiger partial charge in [0.1, 0.15) is 11.8 Å². The van der Waals surface area contributed by atoms with Gasteiger partial charge in [-0.1, -0.05) is 64.0 Å². The van der Waals surface area contributed by atoms with Gasteiger partial charge in [-0.05, 0) is 36.7 Å². The van der Waals surface area contributed by atoms with Crippen LogP contribution in [0.1, 0.15) is 23.0 Å². The number of nitrogens with zero attached hydrogens (tertiary/aromatic N) is 3. The summed E-state index contributed by atoms with van der Waals surface area (Å²) in [6, 6.07) is 16.3. The zero-order chi connectivity index (χ0) is 22.1. The molecular formula is C23H20BrN5O2S. The van der Waals surface area contributed by atoms with Gasteiger partial charge in [-0.25, -0.2) is 9.97 Å². The molecule has 32 heavy (non-hydrogen) atoms. The lowest BCUT2D eigenvalue weighted by atomic mass is 10.1. The average molecular weight is 510 g/mol. The molecule has 0 radical (unpaired) electrons. The van der Waals surface area contributed by atoms with E-state index in [4.69, 9.17) is 19.9 Å². The van der Waals surface area contributed by atoms with Gasteiger partial charge in [0.15, 0.2) is 16.3 Å². The molecule has 0 amide bonds. The van der Waals surface area contributed by atoms with Gasteiger partial charge in [-0.3, -0.25) is 5.41 Å². The van der Waals surface area contributed by atoms with Gasteiger partial charge in [-0.2, -0.15) is 0 Å². The highest BCUT2D eigenvalue weighted by Crippen LogP contribution is 2.38. The first-order valence-corrected chi connectivity index (χ1v) is 11.7. The summed E-state index contributed by atoms with van der Waals surface area (Å²) < 4.78 is 14.5. The van der Waals surface area contributed by atoms with Crippen molar-refractivity contribution in [2.75, 3.05) is 0 Å². The van der Waals surface area contributed by atoms with Gasteiger partial charge in [-0.15, -0.1) is 0 Å². The number of aromatic nitrogens is 4. The number of thioether (sulfide) groups is 1. The molecule has 0 saturated heterocycles. The number of nitrogens with one attached hydrogen (secondary N) is 2. The summed E-state index contributed by atoms with van der Waals surface area (Å²) >= 11 is 4.85. The third-order valence-electron chi connectivity index (χ3n) is 5.13. The largest absolute Gasteiger partial charge is 0.454 e. The summed E-state index contributed by atoms with van der Waals surface area (Å²) in [4.78, 5) is 12.1. The van der Waals surface area contributed by atoms with Crippen LogP contribution < -0.4 is 5.49 Å². The lowest BCUT2D eigenvalue weighted by molar-refractivity contribution is -0.0278. The number of rotatable bonds is 6.